The van der Waals surface area contributed by atoms with Crippen LogP contribution in [0.1, 0.15) is 33.0 Å². The van der Waals surface area contributed by atoms with E-state index in [2.05, 4.69) is 4.98 Å². The Morgan fingerprint density at radius 1 is 1.02 bits per heavy atom. The van der Waals surface area contributed by atoms with Crippen molar-refractivity contribution in [3.63, 3.8) is 0 Å². The summed E-state index contributed by atoms with van der Waals surface area (Å²) in [5.74, 6) is -1.64. The minimum absolute atomic E-state index is 0.154. The first-order chi connectivity index (χ1) is 19.0. The summed E-state index contributed by atoms with van der Waals surface area (Å²) in [5.41, 5.74) is 1.34. The van der Waals surface area contributed by atoms with Gasteiger partial charge in [0.05, 0.1) is 21.9 Å². The molecule has 0 radical (unpaired) electrons. The maximum absolute atomic E-state index is 14.2. The topological polar surface area (TPSA) is 41.4 Å². The molecule has 2 heterocycles. The fourth-order valence-electron chi connectivity index (χ4n) is 5.13. The molecule has 208 valence electrons. The quantitative estimate of drug-likeness (QED) is 0.225. The van der Waals surface area contributed by atoms with Crippen LogP contribution >= 0.6 is 23.2 Å². The summed E-state index contributed by atoms with van der Waals surface area (Å²) in [4.78, 5) is 21.2. The Bertz CT molecular complexity index is 1510. The molecule has 4 aromatic rings. The number of nitrogens with zero attached hydrogens (tertiary/aromatic N) is 4. The SMILES string of the molecule is CN(Cc1ccc(C(F)(F)F)c(F)c1)C1CN(C(=O)c2ccc(-n3ccnc3)cc2)CC1c1ccc(Cl)c(Cl)c1. The lowest BCUT2D eigenvalue weighted by molar-refractivity contribution is -0.140. The largest absolute Gasteiger partial charge is 0.419 e. The third-order valence-corrected chi connectivity index (χ3v) is 7.94. The van der Waals surface area contributed by atoms with E-state index in [1.54, 1.807) is 48.7 Å². The zero-order valence-corrected chi connectivity index (χ0v) is 22.8. The average molecular weight is 591 g/mol. The number of imidazole rings is 1. The van der Waals surface area contributed by atoms with Gasteiger partial charge < -0.3 is 9.47 Å². The van der Waals surface area contributed by atoms with Crippen molar-refractivity contribution in [2.75, 3.05) is 20.1 Å². The second-order valence-electron chi connectivity index (χ2n) is 9.80. The molecule has 2 atom stereocenters. The molecule has 0 bridgehead atoms. The van der Waals surface area contributed by atoms with Crippen LogP contribution in [0.5, 0.6) is 0 Å². The number of aromatic nitrogens is 2. The predicted octanol–water partition coefficient (Wildman–Crippen LogP) is 7.08. The average Bonchev–Trinajstić information content (AvgIpc) is 3.60. The number of carbonyl (C=O) groups excluding carboxylic acids is 1. The number of hydrogen-bond donors (Lipinski definition) is 0. The normalized spacial score (nSPS) is 17.6. The van der Waals surface area contributed by atoms with Gasteiger partial charge in [-0.05, 0) is 66.7 Å². The van der Waals surface area contributed by atoms with Gasteiger partial charge in [0.1, 0.15) is 5.82 Å². The molecule has 0 N–H and O–H groups in total. The van der Waals surface area contributed by atoms with Crippen molar-refractivity contribution >= 4 is 29.1 Å². The van der Waals surface area contributed by atoms with E-state index in [-0.39, 0.29) is 24.4 Å². The molecule has 0 spiro atoms. The van der Waals surface area contributed by atoms with Gasteiger partial charge in [-0.3, -0.25) is 9.69 Å². The predicted molar refractivity (Wildman–Crippen MR) is 145 cm³/mol. The highest BCUT2D eigenvalue weighted by molar-refractivity contribution is 6.42. The summed E-state index contributed by atoms with van der Waals surface area (Å²) in [6.45, 7) is 0.919. The number of rotatable bonds is 6. The molecule has 1 saturated heterocycles. The van der Waals surface area contributed by atoms with Crippen molar-refractivity contribution in [2.24, 2.45) is 0 Å². The molecule has 5 nitrogen and oxygen atoms in total. The second kappa shape index (κ2) is 11.2. The van der Waals surface area contributed by atoms with Crippen LogP contribution in [0, 0.1) is 5.82 Å². The molecule has 5 rings (SSSR count). The zero-order chi connectivity index (χ0) is 28.6. The van der Waals surface area contributed by atoms with Gasteiger partial charge in [-0.15, -0.1) is 0 Å². The van der Waals surface area contributed by atoms with Crippen LogP contribution in [0.25, 0.3) is 5.69 Å². The molecular formula is C29H24Cl2F4N4O. The van der Waals surface area contributed by atoms with E-state index >= 15 is 0 Å². The molecule has 0 saturated carbocycles. The summed E-state index contributed by atoms with van der Waals surface area (Å²) >= 11 is 12.4. The van der Waals surface area contributed by atoms with Crippen LogP contribution in [0.15, 0.2) is 79.4 Å². The van der Waals surface area contributed by atoms with Gasteiger partial charge in [-0.25, -0.2) is 9.37 Å². The van der Waals surface area contributed by atoms with E-state index in [1.807, 2.05) is 33.9 Å². The van der Waals surface area contributed by atoms with Crippen molar-refractivity contribution in [3.05, 3.63) is 118 Å². The van der Waals surface area contributed by atoms with Crippen molar-refractivity contribution in [1.29, 1.82) is 0 Å². The highest BCUT2D eigenvalue weighted by Gasteiger charge is 2.39. The minimum atomic E-state index is -4.77. The van der Waals surface area contributed by atoms with Gasteiger partial charge in [-0.2, -0.15) is 13.2 Å². The molecule has 1 amide bonds. The molecule has 3 aromatic carbocycles. The lowest BCUT2D eigenvalue weighted by atomic mass is 9.93. The number of carbonyl (C=O) groups is 1. The van der Waals surface area contributed by atoms with Crippen LogP contribution in [-0.4, -0.2) is 51.4 Å². The Morgan fingerprint density at radius 2 is 1.77 bits per heavy atom. The molecular weight excluding hydrogens is 567 g/mol. The number of likely N-dealkylation sites (tertiary alicyclic amines) is 1. The third kappa shape index (κ3) is 5.87. The van der Waals surface area contributed by atoms with Gasteiger partial charge in [0.15, 0.2) is 0 Å². The molecule has 0 aliphatic carbocycles. The summed E-state index contributed by atoms with van der Waals surface area (Å²) in [6.07, 6.45) is 0.378. The lowest BCUT2D eigenvalue weighted by Crippen LogP contribution is -2.38. The first-order valence-corrected chi connectivity index (χ1v) is 13.2. The lowest BCUT2D eigenvalue weighted by Gasteiger charge is -2.29. The standard InChI is InChI=1S/C29H24Cl2F4N4O/c1-37(14-18-2-8-23(26(32)12-18)29(33,34)35)27-16-39(15-22(27)20-5-9-24(30)25(31)13-20)28(40)19-3-6-21(7-4-19)38-11-10-36-17-38/h2-13,17,22,27H,14-16H2,1H3. The Hall–Kier alpha value is -3.40. The molecule has 1 fully saturated rings. The minimum Gasteiger partial charge on any atom is -0.336 e. The Balaban J connectivity index is 1.39. The summed E-state index contributed by atoms with van der Waals surface area (Å²) in [7, 11) is 1.80. The summed E-state index contributed by atoms with van der Waals surface area (Å²) in [5, 5.41) is 0.782. The van der Waals surface area contributed by atoms with Crippen LogP contribution in [-0.2, 0) is 12.7 Å². The Kier molecular flexibility index (Phi) is 7.90. The molecule has 11 heteroatoms. The van der Waals surface area contributed by atoms with Crippen LogP contribution < -0.4 is 0 Å². The smallest absolute Gasteiger partial charge is 0.336 e. The molecule has 2 unspecified atom stereocenters. The molecule has 1 aliphatic heterocycles. The number of likely N-dealkylation sites (N-methyl/N-ethyl adjacent to an activating group) is 1. The van der Waals surface area contributed by atoms with E-state index < -0.39 is 17.6 Å². The van der Waals surface area contributed by atoms with Crippen LogP contribution in [0.2, 0.25) is 10.0 Å². The van der Waals surface area contributed by atoms with E-state index in [9.17, 15) is 22.4 Å². The van der Waals surface area contributed by atoms with Crippen LogP contribution in [0.3, 0.4) is 0 Å². The number of amides is 1. The van der Waals surface area contributed by atoms with Crippen molar-refractivity contribution in [1.82, 2.24) is 19.4 Å². The van der Waals surface area contributed by atoms with Crippen molar-refractivity contribution in [2.45, 2.75) is 24.7 Å². The third-order valence-electron chi connectivity index (χ3n) is 7.20. The van der Waals surface area contributed by atoms with Gasteiger partial charge in [0.25, 0.3) is 5.91 Å². The number of hydrogen-bond acceptors (Lipinski definition) is 3. The first kappa shape index (κ1) is 28.1. The van der Waals surface area contributed by atoms with Gasteiger partial charge in [0.2, 0.25) is 0 Å². The van der Waals surface area contributed by atoms with Crippen molar-refractivity contribution < 1.29 is 22.4 Å². The number of halogens is 6. The van der Waals surface area contributed by atoms with Gasteiger partial charge in [-0.1, -0.05) is 35.3 Å². The van der Waals surface area contributed by atoms with Crippen LogP contribution in [0.4, 0.5) is 17.6 Å². The first-order valence-electron chi connectivity index (χ1n) is 12.4. The van der Waals surface area contributed by atoms with E-state index in [4.69, 9.17) is 23.2 Å². The van der Waals surface area contributed by atoms with Crippen molar-refractivity contribution in [3.8, 4) is 5.69 Å². The Morgan fingerprint density at radius 3 is 2.40 bits per heavy atom. The van der Waals surface area contributed by atoms with Gasteiger partial charge in [0, 0.05) is 55.2 Å². The molecule has 1 aliphatic rings. The number of alkyl halides is 3. The monoisotopic (exact) mass is 590 g/mol. The second-order valence-corrected chi connectivity index (χ2v) is 10.6. The number of benzene rings is 3. The maximum atomic E-state index is 14.2. The fourth-order valence-corrected chi connectivity index (χ4v) is 5.44. The highest BCUT2D eigenvalue weighted by Crippen LogP contribution is 2.36. The van der Waals surface area contributed by atoms with Gasteiger partial charge >= 0.3 is 6.18 Å². The highest BCUT2D eigenvalue weighted by atomic mass is 35.5. The Labute approximate surface area is 238 Å². The van der Waals surface area contributed by atoms with E-state index in [0.717, 1.165) is 23.4 Å². The molecule has 1 aromatic heterocycles. The summed E-state index contributed by atoms with van der Waals surface area (Å²) in [6, 6.07) is 15.2. The summed E-state index contributed by atoms with van der Waals surface area (Å²) < 4.78 is 55.2. The van der Waals surface area contributed by atoms with E-state index in [1.165, 1.54) is 6.07 Å². The fraction of sp³-hybridized carbons (Fsp3) is 0.241. The van der Waals surface area contributed by atoms with E-state index in [0.29, 0.717) is 34.3 Å². The zero-order valence-electron chi connectivity index (χ0n) is 21.2. The maximum Gasteiger partial charge on any atom is 0.419 e. The molecule has 40 heavy (non-hydrogen) atoms.